The van der Waals surface area contributed by atoms with E-state index in [1.165, 1.54) is 34.1 Å². The third-order valence-electron chi connectivity index (χ3n) is 6.07. The molecule has 1 aliphatic rings. The number of carbonyl (C=O) groups is 2. The van der Waals surface area contributed by atoms with Gasteiger partial charge < -0.3 is 10.2 Å². The van der Waals surface area contributed by atoms with Crippen molar-refractivity contribution in [2.45, 2.75) is 51.0 Å². The van der Waals surface area contributed by atoms with Crippen molar-refractivity contribution in [1.82, 2.24) is 25.2 Å². The molecule has 3 aromatic rings. The van der Waals surface area contributed by atoms with Crippen LogP contribution in [-0.2, 0) is 16.1 Å². The molecule has 0 aliphatic carbocycles. The Morgan fingerprint density at radius 1 is 1.11 bits per heavy atom. The number of alkyl halides is 1. The van der Waals surface area contributed by atoms with Crippen molar-refractivity contribution in [3.63, 3.8) is 0 Å². The number of amides is 2. The molecule has 2 heterocycles. The molecule has 1 fully saturated rings. The van der Waals surface area contributed by atoms with Crippen molar-refractivity contribution < 1.29 is 22.8 Å². The van der Waals surface area contributed by atoms with E-state index in [1.807, 2.05) is 0 Å². The van der Waals surface area contributed by atoms with Gasteiger partial charge in [-0.25, -0.2) is 17.9 Å². The Labute approximate surface area is 200 Å². The second-order valence-corrected chi connectivity index (χ2v) is 8.90. The molecule has 1 aliphatic heterocycles. The first kappa shape index (κ1) is 24.4. The van der Waals surface area contributed by atoms with Gasteiger partial charge in [0.1, 0.15) is 30.4 Å². The molecule has 0 bridgehead atoms. The first-order valence-electron chi connectivity index (χ1n) is 11.4. The molecule has 1 aromatic heterocycles. The molecule has 35 heavy (non-hydrogen) atoms. The average molecular weight is 486 g/mol. The molecule has 0 radical (unpaired) electrons. The van der Waals surface area contributed by atoms with Gasteiger partial charge in [-0.15, -0.1) is 5.10 Å². The summed E-state index contributed by atoms with van der Waals surface area (Å²) in [5.74, 6) is -2.87. The zero-order valence-corrected chi connectivity index (χ0v) is 19.4. The highest BCUT2D eigenvalue weighted by molar-refractivity contribution is 5.88. The highest BCUT2D eigenvalue weighted by atomic mass is 19.1. The van der Waals surface area contributed by atoms with Crippen LogP contribution in [0.15, 0.2) is 54.9 Å². The quantitative estimate of drug-likeness (QED) is 0.555. The molecule has 2 amide bonds. The molecule has 1 N–H and O–H groups in total. The number of hydrogen-bond acceptors (Lipinski definition) is 4. The summed E-state index contributed by atoms with van der Waals surface area (Å²) < 4.78 is 45.2. The molecule has 184 valence electrons. The van der Waals surface area contributed by atoms with Crippen molar-refractivity contribution in [2.75, 3.05) is 6.54 Å². The van der Waals surface area contributed by atoms with Crippen LogP contribution < -0.4 is 5.32 Å². The molecule has 7 nitrogen and oxygen atoms in total. The maximum Gasteiger partial charge on any atom is 0.245 e. The van der Waals surface area contributed by atoms with Crippen LogP contribution in [0.2, 0.25) is 0 Å². The van der Waals surface area contributed by atoms with Gasteiger partial charge in [0.05, 0.1) is 18.8 Å². The maximum atomic E-state index is 14.8. The van der Waals surface area contributed by atoms with Crippen LogP contribution in [0.5, 0.6) is 0 Å². The van der Waals surface area contributed by atoms with E-state index < -0.39 is 41.7 Å². The van der Waals surface area contributed by atoms with Crippen LogP contribution in [-0.4, -0.2) is 50.5 Å². The van der Waals surface area contributed by atoms with Crippen LogP contribution in [0.25, 0.3) is 0 Å². The second-order valence-electron chi connectivity index (χ2n) is 8.90. The Morgan fingerprint density at radius 3 is 2.40 bits per heavy atom. The zero-order valence-electron chi connectivity index (χ0n) is 19.4. The number of rotatable bonds is 7. The number of aromatic nitrogens is 3. The van der Waals surface area contributed by atoms with Gasteiger partial charge in [-0.05, 0) is 29.2 Å². The smallest absolute Gasteiger partial charge is 0.245 e. The molecule has 3 atom stereocenters. The molecule has 1 unspecified atom stereocenters. The summed E-state index contributed by atoms with van der Waals surface area (Å²) in [6, 6.07) is 9.13. The van der Waals surface area contributed by atoms with Gasteiger partial charge >= 0.3 is 0 Å². The summed E-state index contributed by atoms with van der Waals surface area (Å²) >= 11 is 0. The van der Waals surface area contributed by atoms with Crippen LogP contribution in [0, 0.1) is 11.6 Å². The molecular weight excluding hydrogens is 459 g/mol. The average Bonchev–Trinajstić information content (AvgIpc) is 3.46. The number of likely N-dealkylation sites (tertiary alicyclic amines) is 1. The lowest BCUT2D eigenvalue weighted by atomic mass is 9.93. The van der Waals surface area contributed by atoms with E-state index in [9.17, 15) is 22.8 Å². The van der Waals surface area contributed by atoms with Gasteiger partial charge in [-0.2, -0.15) is 0 Å². The summed E-state index contributed by atoms with van der Waals surface area (Å²) in [5, 5.41) is 10.2. The lowest BCUT2D eigenvalue weighted by Crippen LogP contribution is -2.48. The summed E-state index contributed by atoms with van der Waals surface area (Å²) in [6.07, 6.45) is 1.35. The standard InChI is InChI=1S/C25H26F3N5O2/c1-15(2)23-19(27)10-17(11-20(23)28)24(16-6-4-3-5-7-16)30-25(35)21-12-18(26)13-33(21)22(34)14-32-9-8-29-31-32/h3-11,15,18,21,24H,12-14H2,1-2H3,(H,30,35)/t18-,21+,24?/m1/s1. The summed E-state index contributed by atoms with van der Waals surface area (Å²) in [5.41, 5.74) is 0.763. The first-order chi connectivity index (χ1) is 16.7. The lowest BCUT2D eigenvalue weighted by molar-refractivity contribution is -0.139. The Hall–Kier alpha value is -3.69. The third kappa shape index (κ3) is 5.36. The summed E-state index contributed by atoms with van der Waals surface area (Å²) in [7, 11) is 0. The van der Waals surface area contributed by atoms with Crippen LogP contribution in [0.1, 0.15) is 48.9 Å². The number of nitrogens with one attached hydrogen (secondary N) is 1. The fourth-order valence-electron chi connectivity index (χ4n) is 4.42. The van der Waals surface area contributed by atoms with Gasteiger partial charge in [0.15, 0.2) is 0 Å². The number of benzene rings is 2. The molecule has 0 spiro atoms. The fourth-order valence-corrected chi connectivity index (χ4v) is 4.42. The molecule has 4 rings (SSSR count). The minimum Gasteiger partial charge on any atom is -0.343 e. The highest BCUT2D eigenvalue weighted by Crippen LogP contribution is 2.30. The van der Waals surface area contributed by atoms with E-state index in [1.54, 1.807) is 44.2 Å². The monoisotopic (exact) mass is 485 g/mol. The van der Waals surface area contributed by atoms with E-state index >= 15 is 0 Å². The third-order valence-corrected chi connectivity index (χ3v) is 6.07. The zero-order chi connectivity index (χ0) is 25.1. The van der Waals surface area contributed by atoms with E-state index in [0.29, 0.717) is 5.56 Å². The fraction of sp³-hybridized carbons (Fsp3) is 0.360. The van der Waals surface area contributed by atoms with Gasteiger partial charge in [0.25, 0.3) is 0 Å². The molecule has 10 heteroatoms. The normalized spacial score (nSPS) is 18.6. The largest absolute Gasteiger partial charge is 0.343 e. The molecular formula is C25H26F3N5O2. The van der Waals surface area contributed by atoms with E-state index in [2.05, 4.69) is 15.6 Å². The van der Waals surface area contributed by atoms with Crippen molar-refractivity contribution in [3.05, 3.63) is 83.2 Å². The summed E-state index contributed by atoms with van der Waals surface area (Å²) in [4.78, 5) is 27.3. The van der Waals surface area contributed by atoms with Crippen molar-refractivity contribution in [3.8, 4) is 0 Å². The van der Waals surface area contributed by atoms with Crippen LogP contribution in [0.4, 0.5) is 13.2 Å². The highest BCUT2D eigenvalue weighted by Gasteiger charge is 2.40. The maximum absolute atomic E-state index is 14.8. The van der Waals surface area contributed by atoms with Crippen LogP contribution >= 0.6 is 0 Å². The Kier molecular flexibility index (Phi) is 7.18. The first-order valence-corrected chi connectivity index (χ1v) is 11.4. The van der Waals surface area contributed by atoms with Crippen molar-refractivity contribution in [1.29, 1.82) is 0 Å². The van der Waals surface area contributed by atoms with E-state index in [-0.39, 0.29) is 36.6 Å². The number of nitrogens with zero attached hydrogens (tertiary/aromatic N) is 4. The summed E-state index contributed by atoms with van der Waals surface area (Å²) in [6.45, 7) is 2.96. The SMILES string of the molecule is CC(C)c1c(F)cc(C(NC(=O)[C@@H]2C[C@@H](F)CN2C(=O)Cn2ccnn2)c2ccccc2)cc1F. The topological polar surface area (TPSA) is 80.1 Å². The van der Waals surface area contributed by atoms with Gasteiger partial charge in [0.2, 0.25) is 11.8 Å². The van der Waals surface area contributed by atoms with Crippen molar-refractivity contribution in [2.24, 2.45) is 0 Å². The predicted molar refractivity (Wildman–Crippen MR) is 122 cm³/mol. The van der Waals surface area contributed by atoms with Crippen molar-refractivity contribution >= 4 is 11.8 Å². The second kappa shape index (κ2) is 10.3. The lowest BCUT2D eigenvalue weighted by Gasteiger charge is -2.27. The number of carbonyl (C=O) groups excluding carboxylic acids is 2. The minimum atomic E-state index is -1.37. The number of hydrogen-bond donors (Lipinski definition) is 1. The van der Waals surface area contributed by atoms with Gasteiger partial charge in [0, 0.05) is 18.2 Å². The van der Waals surface area contributed by atoms with Gasteiger partial charge in [-0.1, -0.05) is 49.4 Å². The molecule has 0 saturated carbocycles. The van der Waals surface area contributed by atoms with E-state index in [4.69, 9.17) is 0 Å². The Morgan fingerprint density at radius 2 is 1.80 bits per heavy atom. The molecule has 1 saturated heterocycles. The van der Waals surface area contributed by atoms with Gasteiger partial charge in [-0.3, -0.25) is 9.59 Å². The predicted octanol–water partition coefficient (Wildman–Crippen LogP) is 3.52. The Bertz CT molecular complexity index is 1160. The minimum absolute atomic E-state index is 0.0344. The Balaban J connectivity index is 1.62. The van der Waals surface area contributed by atoms with Crippen LogP contribution in [0.3, 0.4) is 0 Å². The number of halogens is 3. The van der Waals surface area contributed by atoms with E-state index in [0.717, 1.165) is 0 Å². The molecule has 2 aromatic carbocycles.